The van der Waals surface area contributed by atoms with E-state index in [2.05, 4.69) is 0 Å². The molecule has 108 valence electrons. The molecule has 21 heavy (non-hydrogen) atoms. The average Bonchev–Trinajstić information content (AvgIpc) is 3.00. The van der Waals surface area contributed by atoms with Crippen molar-refractivity contribution in [1.82, 2.24) is 0 Å². The van der Waals surface area contributed by atoms with E-state index in [9.17, 15) is 4.79 Å². The summed E-state index contributed by atoms with van der Waals surface area (Å²) in [5.41, 5.74) is 1.88. The maximum Gasteiger partial charge on any atom is 0.338 e. The topological polar surface area (TPSA) is 54.0 Å². The first-order valence-electron chi connectivity index (χ1n) is 6.40. The van der Waals surface area contributed by atoms with Crippen LogP contribution in [0.4, 0.5) is 0 Å². The summed E-state index contributed by atoms with van der Waals surface area (Å²) in [4.78, 5) is 12.0. The molecule has 3 rings (SSSR count). The molecule has 5 heteroatoms. The van der Waals surface area contributed by atoms with Gasteiger partial charge in [-0.2, -0.15) is 0 Å². The minimum atomic E-state index is -0.436. The first kappa shape index (κ1) is 13.3. The third-order valence-electron chi connectivity index (χ3n) is 3.32. The van der Waals surface area contributed by atoms with Crippen molar-refractivity contribution in [1.29, 1.82) is 0 Å². The van der Waals surface area contributed by atoms with Gasteiger partial charge in [-0.25, -0.2) is 4.79 Å². The van der Waals surface area contributed by atoms with Crippen molar-refractivity contribution in [2.75, 3.05) is 21.0 Å². The molecule has 1 aliphatic heterocycles. The maximum absolute atomic E-state index is 12.0. The van der Waals surface area contributed by atoms with Gasteiger partial charge in [-0.15, -0.1) is 0 Å². The van der Waals surface area contributed by atoms with E-state index in [1.54, 1.807) is 19.2 Å². The lowest BCUT2D eigenvalue weighted by Crippen LogP contribution is -2.04. The second-order valence-electron chi connectivity index (χ2n) is 4.44. The average molecular weight is 286 g/mol. The Balaban J connectivity index is 2.23. The molecule has 0 bridgehead atoms. The van der Waals surface area contributed by atoms with Crippen LogP contribution in [0.3, 0.4) is 0 Å². The molecule has 0 amide bonds. The number of carbonyl (C=O) groups is 1. The summed E-state index contributed by atoms with van der Waals surface area (Å²) < 4.78 is 20.9. The number of hydrogen-bond acceptors (Lipinski definition) is 5. The van der Waals surface area contributed by atoms with Crippen molar-refractivity contribution in [2.24, 2.45) is 0 Å². The Hall–Kier alpha value is -2.69. The summed E-state index contributed by atoms with van der Waals surface area (Å²) in [7, 11) is 2.93. The molecule has 2 aromatic carbocycles. The molecule has 0 spiro atoms. The van der Waals surface area contributed by atoms with E-state index in [1.165, 1.54) is 7.11 Å². The number of carbonyl (C=O) groups excluding carboxylic acids is 1. The van der Waals surface area contributed by atoms with E-state index < -0.39 is 5.97 Å². The number of fused-ring (bicyclic) bond motifs is 1. The SMILES string of the molecule is COC(=O)c1cc2c(cc1-c1ccccc1OC)OCO2. The predicted molar refractivity (Wildman–Crippen MR) is 75.9 cm³/mol. The predicted octanol–water partition coefficient (Wildman–Crippen LogP) is 2.88. The molecule has 0 atom stereocenters. The van der Waals surface area contributed by atoms with Crippen molar-refractivity contribution in [3.63, 3.8) is 0 Å². The molecule has 2 aromatic rings. The van der Waals surface area contributed by atoms with Gasteiger partial charge in [0.2, 0.25) is 6.79 Å². The molecule has 0 aliphatic carbocycles. The van der Waals surface area contributed by atoms with Gasteiger partial charge in [0, 0.05) is 11.1 Å². The van der Waals surface area contributed by atoms with Crippen LogP contribution < -0.4 is 14.2 Å². The summed E-state index contributed by atoms with van der Waals surface area (Å²) in [6, 6.07) is 10.9. The lowest BCUT2D eigenvalue weighted by atomic mass is 9.98. The Morgan fingerprint density at radius 1 is 1.05 bits per heavy atom. The van der Waals surface area contributed by atoms with E-state index in [4.69, 9.17) is 18.9 Å². The van der Waals surface area contributed by atoms with Gasteiger partial charge in [-0.05, 0) is 18.2 Å². The second kappa shape index (κ2) is 5.36. The summed E-state index contributed by atoms with van der Waals surface area (Å²) >= 11 is 0. The molecule has 0 unspecified atom stereocenters. The van der Waals surface area contributed by atoms with Crippen LogP contribution >= 0.6 is 0 Å². The third kappa shape index (κ3) is 2.27. The Morgan fingerprint density at radius 2 is 1.76 bits per heavy atom. The van der Waals surface area contributed by atoms with Gasteiger partial charge in [-0.3, -0.25) is 0 Å². The molecular weight excluding hydrogens is 272 g/mol. The molecule has 0 saturated heterocycles. The van der Waals surface area contributed by atoms with E-state index in [1.807, 2.05) is 24.3 Å². The van der Waals surface area contributed by atoms with Crippen LogP contribution in [-0.4, -0.2) is 27.0 Å². The van der Waals surface area contributed by atoms with Crippen molar-refractivity contribution in [2.45, 2.75) is 0 Å². The fourth-order valence-electron chi connectivity index (χ4n) is 2.31. The number of para-hydroxylation sites is 1. The molecule has 0 saturated carbocycles. The van der Waals surface area contributed by atoms with Crippen LogP contribution in [0.15, 0.2) is 36.4 Å². The first-order chi connectivity index (χ1) is 10.2. The zero-order valence-corrected chi connectivity index (χ0v) is 11.7. The van der Waals surface area contributed by atoms with Crippen molar-refractivity contribution >= 4 is 5.97 Å². The maximum atomic E-state index is 12.0. The largest absolute Gasteiger partial charge is 0.496 e. The minimum absolute atomic E-state index is 0.144. The van der Waals surface area contributed by atoms with Crippen LogP contribution in [-0.2, 0) is 4.74 Å². The Morgan fingerprint density at radius 3 is 2.48 bits per heavy atom. The molecule has 0 fully saturated rings. The Bertz CT molecular complexity index is 693. The van der Waals surface area contributed by atoms with E-state index in [-0.39, 0.29) is 6.79 Å². The van der Waals surface area contributed by atoms with Crippen LogP contribution in [0.25, 0.3) is 11.1 Å². The van der Waals surface area contributed by atoms with Crippen LogP contribution in [0.5, 0.6) is 17.2 Å². The number of hydrogen-bond donors (Lipinski definition) is 0. The first-order valence-corrected chi connectivity index (χ1v) is 6.40. The molecule has 0 N–H and O–H groups in total. The highest BCUT2D eigenvalue weighted by molar-refractivity contribution is 5.99. The van der Waals surface area contributed by atoms with Gasteiger partial charge in [0.05, 0.1) is 19.8 Å². The number of methoxy groups -OCH3 is 2. The summed E-state index contributed by atoms with van der Waals surface area (Å²) in [6.07, 6.45) is 0. The lowest BCUT2D eigenvalue weighted by Gasteiger charge is -2.13. The summed E-state index contributed by atoms with van der Waals surface area (Å²) in [6.45, 7) is 0.144. The van der Waals surface area contributed by atoms with E-state index in [0.29, 0.717) is 28.4 Å². The monoisotopic (exact) mass is 286 g/mol. The molecule has 0 aromatic heterocycles. The summed E-state index contributed by atoms with van der Waals surface area (Å²) in [5, 5.41) is 0. The number of esters is 1. The standard InChI is InChI=1S/C16H14O5/c1-18-13-6-4-3-5-10(13)11-7-14-15(21-9-20-14)8-12(11)16(17)19-2/h3-8H,9H2,1-2H3. The van der Waals surface area contributed by atoms with Gasteiger partial charge in [-0.1, -0.05) is 18.2 Å². The molecule has 1 heterocycles. The fourth-order valence-corrected chi connectivity index (χ4v) is 2.31. The molecular formula is C16H14O5. The third-order valence-corrected chi connectivity index (χ3v) is 3.32. The van der Waals surface area contributed by atoms with E-state index in [0.717, 1.165) is 5.56 Å². The lowest BCUT2D eigenvalue weighted by molar-refractivity contribution is 0.0601. The Kier molecular flexibility index (Phi) is 3.39. The highest BCUT2D eigenvalue weighted by Gasteiger charge is 2.23. The van der Waals surface area contributed by atoms with Gasteiger partial charge in [0.15, 0.2) is 11.5 Å². The zero-order chi connectivity index (χ0) is 14.8. The summed E-state index contributed by atoms with van der Waals surface area (Å²) in [5.74, 6) is 1.37. The van der Waals surface area contributed by atoms with Crippen molar-refractivity contribution in [3.8, 4) is 28.4 Å². The van der Waals surface area contributed by atoms with Gasteiger partial charge in [0.1, 0.15) is 5.75 Å². The molecule has 1 aliphatic rings. The fraction of sp³-hybridized carbons (Fsp3) is 0.188. The van der Waals surface area contributed by atoms with Gasteiger partial charge < -0.3 is 18.9 Å². The normalized spacial score (nSPS) is 12.1. The molecule has 5 nitrogen and oxygen atoms in total. The minimum Gasteiger partial charge on any atom is -0.496 e. The number of rotatable bonds is 3. The highest BCUT2D eigenvalue weighted by Crippen LogP contribution is 2.41. The van der Waals surface area contributed by atoms with Crippen molar-refractivity contribution in [3.05, 3.63) is 42.0 Å². The number of benzene rings is 2. The van der Waals surface area contributed by atoms with E-state index >= 15 is 0 Å². The zero-order valence-electron chi connectivity index (χ0n) is 11.7. The highest BCUT2D eigenvalue weighted by atomic mass is 16.7. The van der Waals surface area contributed by atoms with Crippen LogP contribution in [0.2, 0.25) is 0 Å². The van der Waals surface area contributed by atoms with Crippen LogP contribution in [0.1, 0.15) is 10.4 Å². The van der Waals surface area contributed by atoms with Gasteiger partial charge in [0.25, 0.3) is 0 Å². The number of ether oxygens (including phenoxy) is 4. The Labute approximate surface area is 122 Å². The van der Waals surface area contributed by atoms with Crippen molar-refractivity contribution < 1.29 is 23.7 Å². The quantitative estimate of drug-likeness (QED) is 0.812. The van der Waals surface area contributed by atoms with Crippen LogP contribution in [0, 0.1) is 0 Å². The van der Waals surface area contributed by atoms with Gasteiger partial charge >= 0.3 is 5.97 Å². The smallest absolute Gasteiger partial charge is 0.338 e. The molecule has 0 radical (unpaired) electrons. The second-order valence-corrected chi connectivity index (χ2v) is 4.44.